The molecule has 0 aliphatic carbocycles. The smallest absolute Gasteiger partial charge is 0.323 e. The summed E-state index contributed by atoms with van der Waals surface area (Å²) in [6, 6.07) is 5.35. The van der Waals surface area contributed by atoms with E-state index in [0.717, 1.165) is 27.2 Å². The van der Waals surface area contributed by atoms with Crippen molar-refractivity contribution in [3.63, 3.8) is 0 Å². The first-order valence-corrected chi connectivity index (χ1v) is 11.8. The molecule has 0 saturated carbocycles. The third-order valence-electron chi connectivity index (χ3n) is 4.03. The van der Waals surface area contributed by atoms with Crippen molar-refractivity contribution in [2.24, 2.45) is 0 Å². The predicted molar refractivity (Wildman–Crippen MR) is 114 cm³/mol. The summed E-state index contributed by atoms with van der Waals surface area (Å²) >= 11 is 7.47. The Labute approximate surface area is 180 Å². The van der Waals surface area contributed by atoms with Crippen LogP contribution >= 0.6 is 35.7 Å². The van der Waals surface area contributed by atoms with E-state index in [9.17, 15) is 18.0 Å². The molecule has 0 aromatic heterocycles. The van der Waals surface area contributed by atoms with Crippen LogP contribution in [0.5, 0.6) is 5.75 Å². The van der Waals surface area contributed by atoms with E-state index in [-0.39, 0.29) is 22.2 Å². The molecular formula is C16H16N2O7S4. The number of carboxylic acids is 1. The Kier molecular flexibility index (Phi) is 6.43. The van der Waals surface area contributed by atoms with Crippen LogP contribution in [0.1, 0.15) is 6.42 Å². The fraction of sp³-hybridized carbons (Fsp3) is 0.312. The van der Waals surface area contributed by atoms with Crippen LogP contribution in [-0.4, -0.2) is 65.1 Å². The summed E-state index contributed by atoms with van der Waals surface area (Å²) in [6.07, 6.45) is 0.120. The summed E-state index contributed by atoms with van der Waals surface area (Å²) in [5, 5.41) is 9.55. The third-order valence-corrected chi connectivity index (χ3v) is 7.58. The fourth-order valence-corrected chi connectivity index (χ4v) is 5.85. The van der Waals surface area contributed by atoms with Gasteiger partial charge in [0.2, 0.25) is 0 Å². The van der Waals surface area contributed by atoms with Crippen LogP contribution in [0.4, 0.5) is 5.69 Å². The highest BCUT2D eigenvalue weighted by Gasteiger charge is 2.39. The van der Waals surface area contributed by atoms with Gasteiger partial charge in [-0.25, -0.2) is 0 Å². The summed E-state index contributed by atoms with van der Waals surface area (Å²) in [4.78, 5) is 27.7. The first-order valence-electron chi connectivity index (χ1n) is 8.19. The molecule has 13 heteroatoms. The van der Waals surface area contributed by atoms with E-state index in [4.69, 9.17) is 26.6 Å². The minimum atomic E-state index is -4.12. The molecule has 156 valence electrons. The summed E-state index contributed by atoms with van der Waals surface area (Å²) in [6.45, 7) is -0.318. The number of amides is 1. The Morgan fingerprint density at radius 2 is 2.00 bits per heavy atom. The molecule has 2 N–H and O–H groups in total. The standard InChI is InChI=1S/C16H16N2O7S4/c1-25-9-3-4-11-10(7-9)17(5-2-6-29(22,23)24)15(27-11)13-14(21)18(8-12(19)20)16(26)28-13/h3-4,7H,2,5-6,8H2,1H3,(H,19,20)(H,22,23,24)/b15-13+. The quantitative estimate of drug-likeness (QED) is 0.341. The molecule has 1 fully saturated rings. The maximum absolute atomic E-state index is 12.8. The minimum Gasteiger partial charge on any atom is -0.497 e. The van der Waals surface area contributed by atoms with Crippen molar-refractivity contribution < 1.29 is 32.4 Å². The molecule has 1 aromatic carbocycles. The van der Waals surface area contributed by atoms with E-state index in [1.54, 1.807) is 17.0 Å². The van der Waals surface area contributed by atoms with Crippen LogP contribution in [0, 0.1) is 0 Å². The molecule has 0 unspecified atom stereocenters. The average Bonchev–Trinajstić information content (AvgIpc) is 3.12. The average molecular weight is 477 g/mol. The van der Waals surface area contributed by atoms with Crippen LogP contribution < -0.4 is 9.64 Å². The molecule has 2 aliphatic rings. The highest BCUT2D eigenvalue weighted by Crippen LogP contribution is 2.51. The molecule has 29 heavy (non-hydrogen) atoms. The number of nitrogens with zero attached hydrogens (tertiary/aromatic N) is 2. The lowest BCUT2D eigenvalue weighted by Gasteiger charge is -2.21. The Morgan fingerprint density at radius 1 is 1.28 bits per heavy atom. The zero-order valence-electron chi connectivity index (χ0n) is 15.0. The SMILES string of the molecule is COc1ccc2c(c1)N(CCCS(=O)(=O)O)/C(=C1\SC(=S)N(CC(=O)O)C1=O)S2. The molecule has 2 heterocycles. The largest absolute Gasteiger partial charge is 0.497 e. The van der Waals surface area contributed by atoms with Gasteiger partial charge >= 0.3 is 5.97 Å². The molecule has 1 amide bonds. The van der Waals surface area contributed by atoms with Gasteiger partial charge in [-0.2, -0.15) is 8.42 Å². The van der Waals surface area contributed by atoms with Crippen molar-refractivity contribution in [2.75, 3.05) is 30.9 Å². The predicted octanol–water partition coefficient (Wildman–Crippen LogP) is 2.00. The third kappa shape index (κ3) is 4.86. The van der Waals surface area contributed by atoms with Gasteiger partial charge in [-0.15, -0.1) is 0 Å². The zero-order chi connectivity index (χ0) is 21.3. The van der Waals surface area contributed by atoms with Crippen molar-refractivity contribution in [1.82, 2.24) is 4.90 Å². The number of methoxy groups -OCH3 is 1. The Morgan fingerprint density at radius 3 is 2.62 bits per heavy atom. The van der Waals surface area contributed by atoms with Gasteiger partial charge in [0.25, 0.3) is 16.0 Å². The number of anilines is 1. The molecule has 1 saturated heterocycles. The van der Waals surface area contributed by atoms with Crippen LogP contribution in [0.15, 0.2) is 33.0 Å². The highest BCUT2D eigenvalue weighted by atomic mass is 32.2. The summed E-state index contributed by atoms with van der Waals surface area (Å²) in [5.74, 6) is -1.53. The van der Waals surface area contributed by atoms with E-state index in [1.165, 1.54) is 18.9 Å². The van der Waals surface area contributed by atoms with E-state index < -0.39 is 34.3 Å². The molecular weight excluding hydrogens is 460 g/mol. The number of thioether (sulfide) groups is 2. The highest BCUT2D eigenvalue weighted by molar-refractivity contribution is 8.27. The van der Waals surface area contributed by atoms with Gasteiger partial charge in [-0.1, -0.05) is 35.7 Å². The van der Waals surface area contributed by atoms with Gasteiger partial charge in [0, 0.05) is 17.5 Å². The van der Waals surface area contributed by atoms with Crippen molar-refractivity contribution in [3.8, 4) is 5.75 Å². The van der Waals surface area contributed by atoms with E-state index in [2.05, 4.69) is 0 Å². The number of fused-ring (bicyclic) bond motifs is 1. The fourth-order valence-electron chi connectivity index (χ4n) is 2.78. The lowest BCUT2D eigenvalue weighted by molar-refractivity contribution is -0.140. The number of rotatable bonds is 7. The second-order valence-electron chi connectivity index (χ2n) is 6.01. The molecule has 2 aliphatic heterocycles. The van der Waals surface area contributed by atoms with Crippen LogP contribution in [0.25, 0.3) is 0 Å². The van der Waals surface area contributed by atoms with Gasteiger partial charge in [-0.05, 0) is 18.6 Å². The van der Waals surface area contributed by atoms with Crippen molar-refractivity contribution in [1.29, 1.82) is 0 Å². The number of carbonyl (C=O) groups is 2. The number of carbonyl (C=O) groups excluding carboxylic acids is 1. The zero-order valence-corrected chi connectivity index (χ0v) is 18.3. The number of carboxylic acid groups (broad SMARTS) is 1. The molecule has 1 aromatic rings. The Hall–Kier alpha value is -1.80. The maximum atomic E-state index is 12.8. The normalized spacial score (nSPS) is 19.1. The van der Waals surface area contributed by atoms with E-state index >= 15 is 0 Å². The summed E-state index contributed by atoms with van der Waals surface area (Å²) < 4.78 is 36.6. The lowest BCUT2D eigenvalue weighted by atomic mass is 10.2. The summed E-state index contributed by atoms with van der Waals surface area (Å²) in [7, 11) is -2.61. The van der Waals surface area contributed by atoms with E-state index in [0.29, 0.717) is 10.8 Å². The molecule has 3 rings (SSSR count). The molecule has 0 bridgehead atoms. The molecule has 0 radical (unpaired) electrons. The van der Waals surface area contributed by atoms with Gasteiger partial charge in [0.15, 0.2) is 0 Å². The molecule has 0 spiro atoms. The lowest BCUT2D eigenvalue weighted by Crippen LogP contribution is -2.34. The minimum absolute atomic E-state index is 0.120. The Bertz CT molecular complexity index is 1020. The number of hydrogen-bond acceptors (Lipinski definition) is 9. The van der Waals surface area contributed by atoms with Gasteiger partial charge in [-0.3, -0.25) is 19.0 Å². The maximum Gasteiger partial charge on any atom is 0.323 e. The first kappa shape index (κ1) is 21.9. The molecule has 9 nitrogen and oxygen atoms in total. The molecule has 0 atom stereocenters. The van der Waals surface area contributed by atoms with Crippen molar-refractivity contribution in [2.45, 2.75) is 11.3 Å². The summed E-state index contributed by atoms with van der Waals surface area (Å²) in [5.41, 5.74) is 0.725. The van der Waals surface area contributed by atoms with Crippen LogP contribution in [0.3, 0.4) is 0 Å². The first-order chi connectivity index (χ1) is 13.6. The number of hydrogen-bond donors (Lipinski definition) is 2. The van der Waals surface area contributed by atoms with Crippen molar-refractivity contribution >= 4 is 67.7 Å². The van der Waals surface area contributed by atoms with Crippen LogP contribution in [0.2, 0.25) is 0 Å². The number of aliphatic carboxylic acids is 1. The van der Waals surface area contributed by atoms with Crippen molar-refractivity contribution in [3.05, 3.63) is 28.1 Å². The number of ether oxygens (including phenoxy) is 1. The second-order valence-corrected chi connectivity index (χ2v) is 10.3. The monoisotopic (exact) mass is 476 g/mol. The van der Waals surface area contributed by atoms with Gasteiger partial charge in [0.05, 0.1) is 18.6 Å². The number of benzene rings is 1. The Balaban J connectivity index is 1.98. The van der Waals surface area contributed by atoms with E-state index in [1.807, 2.05) is 6.07 Å². The number of thiocarbonyl (C=S) groups is 1. The van der Waals surface area contributed by atoms with Crippen LogP contribution in [-0.2, 0) is 19.7 Å². The second kappa shape index (κ2) is 8.52. The topological polar surface area (TPSA) is 124 Å². The van der Waals surface area contributed by atoms with Gasteiger partial charge in [0.1, 0.15) is 26.5 Å². The van der Waals surface area contributed by atoms with Gasteiger partial charge < -0.3 is 14.7 Å².